The third kappa shape index (κ3) is 0.968. The number of hydrogen-bond donors (Lipinski definition) is 1. The van der Waals surface area contributed by atoms with Crippen LogP contribution in [-0.4, -0.2) is 18.6 Å². The lowest BCUT2D eigenvalue weighted by molar-refractivity contribution is 0.0694. The standard InChI is InChI=1S/C10H9BO3/c12-10(13)6-3-1-2-5-7-4-8(7)11-14-9(5)6/h1-3,7-8,11H,4H2,(H,12,13). The number of hydrogen-bond acceptors (Lipinski definition) is 2. The molecule has 1 heterocycles. The number of fused-ring (bicyclic) bond motifs is 3. The molecule has 2 atom stereocenters. The van der Waals surface area contributed by atoms with Crippen LogP contribution in [0.4, 0.5) is 0 Å². The van der Waals surface area contributed by atoms with E-state index in [1.807, 2.05) is 6.07 Å². The fourth-order valence-corrected chi connectivity index (χ4v) is 2.18. The lowest BCUT2D eigenvalue weighted by atomic mass is 9.84. The van der Waals surface area contributed by atoms with Crippen LogP contribution in [0.2, 0.25) is 5.82 Å². The predicted molar refractivity (Wildman–Crippen MR) is 52.3 cm³/mol. The minimum absolute atomic E-state index is 0.299. The molecule has 2 aliphatic rings. The van der Waals surface area contributed by atoms with E-state index in [-0.39, 0.29) is 0 Å². The van der Waals surface area contributed by atoms with Gasteiger partial charge in [-0.3, -0.25) is 0 Å². The van der Waals surface area contributed by atoms with Crippen LogP contribution in [0.1, 0.15) is 28.3 Å². The van der Waals surface area contributed by atoms with Gasteiger partial charge in [0.05, 0.1) is 5.56 Å². The van der Waals surface area contributed by atoms with Gasteiger partial charge >= 0.3 is 13.5 Å². The quantitative estimate of drug-likeness (QED) is 0.677. The molecule has 1 saturated carbocycles. The van der Waals surface area contributed by atoms with Gasteiger partial charge in [0.15, 0.2) is 0 Å². The Morgan fingerprint density at radius 2 is 2.43 bits per heavy atom. The molecule has 3 rings (SSSR count). The van der Waals surface area contributed by atoms with Crippen molar-refractivity contribution in [1.29, 1.82) is 0 Å². The van der Waals surface area contributed by atoms with Crippen LogP contribution in [0.5, 0.6) is 5.75 Å². The van der Waals surface area contributed by atoms with E-state index >= 15 is 0 Å². The van der Waals surface area contributed by atoms with Gasteiger partial charge in [-0.15, -0.1) is 0 Å². The van der Waals surface area contributed by atoms with Crippen LogP contribution in [0.3, 0.4) is 0 Å². The topological polar surface area (TPSA) is 46.5 Å². The first-order chi connectivity index (χ1) is 6.77. The van der Waals surface area contributed by atoms with Crippen LogP contribution in [-0.2, 0) is 0 Å². The van der Waals surface area contributed by atoms with Gasteiger partial charge in [-0.1, -0.05) is 12.1 Å². The molecule has 4 heteroatoms. The zero-order valence-corrected chi connectivity index (χ0v) is 7.56. The number of aromatic carboxylic acids is 1. The van der Waals surface area contributed by atoms with E-state index in [1.165, 1.54) is 0 Å². The average Bonchev–Trinajstić information content (AvgIpc) is 2.95. The Morgan fingerprint density at radius 3 is 3.21 bits per heavy atom. The van der Waals surface area contributed by atoms with Gasteiger partial charge in [0.2, 0.25) is 0 Å². The zero-order valence-electron chi connectivity index (χ0n) is 7.56. The van der Waals surface area contributed by atoms with E-state index in [1.54, 1.807) is 12.1 Å². The minimum atomic E-state index is -0.902. The summed E-state index contributed by atoms with van der Waals surface area (Å²) in [6, 6.07) is 5.38. The Kier molecular flexibility index (Phi) is 1.43. The summed E-state index contributed by atoms with van der Waals surface area (Å²) in [6.45, 7) is 0. The Bertz CT molecular complexity index is 416. The number of para-hydroxylation sites is 1. The SMILES string of the molecule is O=C(O)c1cccc2c1OBC1CC21. The van der Waals surface area contributed by atoms with Crippen molar-refractivity contribution in [1.82, 2.24) is 0 Å². The summed E-state index contributed by atoms with van der Waals surface area (Å²) in [5.41, 5.74) is 1.38. The number of benzene rings is 1. The van der Waals surface area contributed by atoms with Gasteiger partial charge in [-0.05, 0) is 29.8 Å². The second-order valence-electron chi connectivity index (χ2n) is 3.94. The van der Waals surface area contributed by atoms with Gasteiger partial charge in [0, 0.05) is 0 Å². The number of carbonyl (C=O) groups is 1. The molecule has 1 N–H and O–H groups in total. The van der Waals surface area contributed by atoms with Crippen molar-refractivity contribution < 1.29 is 14.6 Å². The molecule has 2 unspecified atom stereocenters. The van der Waals surface area contributed by atoms with E-state index in [9.17, 15) is 4.79 Å². The number of carboxylic acids is 1. The van der Waals surface area contributed by atoms with Gasteiger partial charge in [0.25, 0.3) is 0 Å². The highest BCUT2D eigenvalue weighted by atomic mass is 16.4. The highest BCUT2D eigenvalue weighted by Gasteiger charge is 2.45. The fraction of sp³-hybridized carbons (Fsp3) is 0.300. The van der Waals surface area contributed by atoms with Gasteiger partial charge < -0.3 is 9.76 Å². The second kappa shape index (κ2) is 2.53. The Morgan fingerprint density at radius 1 is 1.57 bits per heavy atom. The van der Waals surface area contributed by atoms with Crippen molar-refractivity contribution in [2.45, 2.75) is 18.2 Å². The van der Waals surface area contributed by atoms with E-state index in [0.717, 1.165) is 12.0 Å². The summed E-state index contributed by atoms with van der Waals surface area (Å²) in [6.07, 6.45) is 1.15. The molecule has 0 spiro atoms. The van der Waals surface area contributed by atoms with E-state index in [0.29, 0.717) is 30.5 Å². The van der Waals surface area contributed by atoms with Gasteiger partial charge in [0.1, 0.15) is 5.75 Å². The number of carboxylic acid groups (broad SMARTS) is 1. The summed E-state index contributed by atoms with van der Waals surface area (Å²) in [7, 11) is 0.682. The molecule has 0 radical (unpaired) electrons. The zero-order chi connectivity index (χ0) is 9.71. The van der Waals surface area contributed by atoms with Crippen LogP contribution >= 0.6 is 0 Å². The largest absolute Gasteiger partial charge is 0.563 e. The summed E-state index contributed by atoms with van der Waals surface area (Å²) in [5.74, 6) is 0.879. The monoisotopic (exact) mass is 188 g/mol. The van der Waals surface area contributed by atoms with Crippen molar-refractivity contribution in [2.24, 2.45) is 0 Å². The van der Waals surface area contributed by atoms with Crippen molar-refractivity contribution in [3.8, 4) is 5.75 Å². The molecule has 1 fully saturated rings. The molecular formula is C10H9BO3. The summed E-state index contributed by atoms with van der Waals surface area (Å²) >= 11 is 0. The number of rotatable bonds is 1. The molecule has 14 heavy (non-hydrogen) atoms. The lowest BCUT2D eigenvalue weighted by Crippen LogP contribution is -2.13. The fourth-order valence-electron chi connectivity index (χ4n) is 2.18. The van der Waals surface area contributed by atoms with Crippen LogP contribution < -0.4 is 4.65 Å². The highest BCUT2D eigenvalue weighted by Crippen LogP contribution is 2.58. The summed E-state index contributed by atoms with van der Waals surface area (Å²) < 4.78 is 5.49. The Labute approximate surface area is 82.0 Å². The molecule has 1 aliphatic carbocycles. The van der Waals surface area contributed by atoms with E-state index < -0.39 is 5.97 Å². The third-order valence-electron chi connectivity index (χ3n) is 3.04. The van der Waals surface area contributed by atoms with Crippen molar-refractivity contribution in [3.05, 3.63) is 29.3 Å². The van der Waals surface area contributed by atoms with E-state index in [2.05, 4.69) is 0 Å². The summed E-state index contributed by atoms with van der Waals surface area (Å²) in [5, 5.41) is 8.96. The maximum Gasteiger partial charge on any atom is 0.343 e. The molecule has 3 nitrogen and oxygen atoms in total. The van der Waals surface area contributed by atoms with E-state index in [4.69, 9.17) is 9.76 Å². The molecule has 0 bridgehead atoms. The second-order valence-corrected chi connectivity index (χ2v) is 3.94. The molecule has 1 aromatic carbocycles. The van der Waals surface area contributed by atoms with Gasteiger partial charge in [-0.25, -0.2) is 4.79 Å². The van der Waals surface area contributed by atoms with Crippen LogP contribution in [0.25, 0.3) is 0 Å². The lowest BCUT2D eigenvalue weighted by Gasteiger charge is -2.17. The average molecular weight is 188 g/mol. The molecule has 70 valence electrons. The van der Waals surface area contributed by atoms with Gasteiger partial charge in [-0.2, -0.15) is 0 Å². The third-order valence-corrected chi connectivity index (χ3v) is 3.04. The maximum atomic E-state index is 10.9. The Balaban J connectivity index is 2.15. The molecule has 1 aliphatic heterocycles. The van der Waals surface area contributed by atoms with Crippen molar-refractivity contribution in [3.63, 3.8) is 0 Å². The molecule has 0 amide bonds. The molecule has 0 aromatic heterocycles. The summed E-state index contributed by atoms with van der Waals surface area (Å²) in [4.78, 5) is 10.9. The first-order valence-corrected chi connectivity index (χ1v) is 4.76. The molecule has 1 aromatic rings. The van der Waals surface area contributed by atoms with Crippen molar-refractivity contribution >= 4 is 13.5 Å². The first-order valence-electron chi connectivity index (χ1n) is 4.76. The smallest absolute Gasteiger partial charge is 0.343 e. The predicted octanol–water partition coefficient (Wildman–Crippen LogP) is 1.40. The molecule has 0 saturated heterocycles. The van der Waals surface area contributed by atoms with Crippen LogP contribution in [0.15, 0.2) is 18.2 Å². The molecular weight excluding hydrogens is 179 g/mol. The Hall–Kier alpha value is -1.45. The minimum Gasteiger partial charge on any atom is -0.563 e. The maximum absolute atomic E-state index is 10.9. The van der Waals surface area contributed by atoms with Crippen molar-refractivity contribution in [2.75, 3.05) is 0 Å². The highest BCUT2D eigenvalue weighted by molar-refractivity contribution is 6.34. The normalized spacial score (nSPS) is 26.6. The first kappa shape index (κ1) is 7.91. The van der Waals surface area contributed by atoms with Crippen LogP contribution in [0, 0.1) is 0 Å².